The zero-order chi connectivity index (χ0) is 19.1. The molecule has 1 aliphatic rings. The Labute approximate surface area is 183 Å². The summed E-state index contributed by atoms with van der Waals surface area (Å²) >= 11 is 0. The molecule has 1 atom stereocenters. The van der Waals surface area contributed by atoms with Crippen LogP contribution in [0.3, 0.4) is 0 Å². The fraction of sp³-hybridized carbons (Fsp3) is 0.450. The maximum atomic E-state index is 5.39. The summed E-state index contributed by atoms with van der Waals surface area (Å²) < 4.78 is 16.1. The number of aliphatic imine (C=N–C) groups is 1. The molecule has 8 heteroatoms. The van der Waals surface area contributed by atoms with Gasteiger partial charge >= 0.3 is 0 Å². The second kappa shape index (κ2) is 11.0. The van der Waals surface area contributed by atoms with Gasteiger partial charge in [-0.25, -0.2) is 4.99 Å². The van der Waals surface area contributed by atoms with Gasteiger partial charge in [-0.3, -0.25) is 0 Å². The Bertz CT molecular complexity index is 730. The van der Waals surface area contributed by atoms with E-state index in [0.717, 1.165) is 55.0 Å². The van der Waals surface area contributed by atoms with E-state index in [-0.39, 0.29) is 24.0 Å². The molecule has 0 aliphatic carbocycles. The molecule has 2 N–H and O–H groups in total. The molecule has 1 fully saturated rings. The first-order chi connectivity index (χ1) is 13.2. The van der Waals surface area contributed by atoms with Gasteiger partial charge in [0.25, 0.3) is 0 Å². The number of methoxy groups -OCH3 is 2. The molecular weight excluding hydrogens is 471 g/mol. The van der Waals surface area contributed by atoms with Crippen LogP contribution in [0, 0.1) is 0 Å². The van der Waals surface area contributed by atoms with Crippen molar-refractivity contribution in [2.45, 2.75) is 25.9 Å². The molecule has 2 heterocycles. The lowest BCUT2D eigenvalue weighted by atomic mass is 10.2. The number of furan rings is 1. The van der Waals surface area contributed by atoms with Gasteiger partial charge in [0.2, 0.25) is 0 Å². The van der Waals surface area contributed by atoms with Crippen molar-refractivity contribution in [2.75, 3.05) is 38.8 Å². The van der Waals surface area contributed by atoms with Crippen molar-refractivity contribution in [1.29, 1.82) is 0 Å². The highest BCUT2D eigenvalue weighted by Gasteiger charge is 2.24. The number of benzene rings is 1. The average molecular weight is 500 g/mol. The first kappa shape index (κ1) is 22.2. The summed E-state index contributed by atoms with van der Waals surface area (Å²) in [5.74, 6) is 3.26. The van der Waals surface area contributed by atoms with Crippen LogP contribution in [0.25, 0.3) is 0 Å². The quantitative estimate of drug-likeness (QED) is 0.346. The molecule has 1 aromatic carbocycles. The van der Waals surface area contributed by atoms with E-state index in [1.165, 1.54) is 0 Å². The number of hydrogen-bond acceptors (Lipinski definition) is 5. The smallest absolute Gasteiger partial charge is 0.191 e. The van der Waals surface area contributed by atoms with E-state index in [0.29, 0.717) is 12.6 Å². The predicted molar refractivity (Wildman–Crippen MR) is 122 cm³/mol. The Morgan fingerprint density at radius 1 is 1.25 bits per heavy atom. The largest absolute Gasteiger partial charge is 0.497 e. The third kappa shape index (κ3) is 5.95. The third-order valence-electron chi connectivity index (χ3n) is 4.55. The number of hydrogen-bond donors (Lipinski definition) is 2. The number of halogens is 1. The van der Waals surface area contributed by atoms with Crippen LogP contribution in [0.1, 0.15) is 19.1 Å². The van der Waals surface area contributed by atoms with Crippen LogP contribution < -0.4 is 25.0 Å². The zero-order valence-electron chi connectivity index (χ0n) is 16.6. The van der Waals surface area contributed by atoms with E-state index in [4.69, 9.17) is 13.9 Å². The number of rotatable bonds is 7. The molecule has 0 bridgehead atoms. The van der Waals surface area contributed by atoms with Gasteiger partial charge in [-0.2, -0.15) is 0 Å². The summed E-state index contributed by atoms with van der Waals surface area (Å²) in [6.45, 7) is 5.25. The van der Waals surface area contributed by atoms with Crippen molar-refractivity contribution < 1.29 is 13.9 Å². The number of anilines is 1. The monoisotopic (exact) mass is 500 g/mol. The Morgan fingerprint density at radius 3 is 2.61 bits per heavy atom. The Balaban J connectivity index is 0.00000280. The standard InChI is InChI=1S/C20H28N4O3.HI/c1-4-21-20(22-13-17-6-5-9-27-17)23-15-7-8-24(14-15)16-10-18(25-2)12-19(11-16)26-3;/h5-6,9-12,15H,4,7-8,13-14H2,1-3H3,(H2,21,22,23);1H. The molecular formula is C20H29IN4O3. The molecule has 7 nitrogen and oxygen atoms in total. The Hall–Kier alpha value is -2.10. The van der Waals surface area contributed by atoms with Crippen molar-refractivity contribution in [1.82, 2.24) is 10.6 Å². The fourth-order valence-electron chi connectivity index (χ4n) is 3.16. The average Bonchev–Trinajstić information content (AvgIpc) is 3.38. The molecule has 28 heavy (non-hydrogen) atoms. The minimum atomic E-state index is 0. The topological polar surface area (TPSA) is 71.3 Å². The molecule has 0 saturated carbocycles. The van der Waals surface area contributed by atoms with Crippen molar-refractivity contribution in [3.05, 3.63) is 42.4 Å². The molecule has 154 valence electrons. The highest BCUT2D eigenvalue weighted by Crippen LogP contribution is 2.30. The van der Waals surface area contributed by atoms with E-state index >= 15 is 0 Å². The molecule has 0 radical (unpaired) electrons. The van der Waals surface area contributed by atoms with Crippen LogP contribution >= 0.6 is 24.0 Å². The maximum Gasteiger partial charge on any atom is 0.191 e. The lowest BCUT2D eigenvalue weighted by molar-refractivity contribution is 0.394. The van der Waals surface area contributed by atoms with E-state index in [2.05, 4.69) is 27.4 Å². The minimum absolute atomic E-state index is 0. The number of nitrogens with zero attached hydrogens (tertiary/aromatic N) is 2. The van der Waals surface area contributed by atoms with Crippen molar-refractivity contribution in [3.8, 4) is 11.5 Å². The molecule has 0 spiro atoms. The van der Waals surface area contributed by atoms with Gasteiger partial charge in [0, 0.05) is 49.6 Å². The SMILES string of the molecule is CCNC(=NCc1ccco1)NC1CCN(c2cc(OC)cc(OC)c2)C1.I. The van der Waals surface area contributed by atoms with Crippen LogP contribution in [0.2, 0.25) is 0 Å². The van der Waals surface area contributed by atoms with Crippen LogP contribution in [0.4, 0.5) is 5.69 Å². The van der Waals surface area contributed by atoms with Gasteiger partial charge < -0.3 is 29.4 Å². The van der Waals surface area contributed by atoms with Gasteiger partial charge in [-0.05, 0) is 25.5 Å². The highest BCUT2D eigenvalue weighted by atomic mass is 127. The van der Waals surface area contributed by atoms with Crippen LogP contribution in [-0.4, -0.2) is 45.9 Å². The van der Waals surface area contributed by atoms with E-state index < -0.39 is 0 Å². The zero-order valence-corrected chi connectivity index (χ0v) is 18.9. The lowest BCUT2D eigenvalue weighted by Gasteiger charge is -2.21. The second-order valence-electron chi connectivity index (χ2n) is 6.42. The Kier molecular flexibility index (Phi) is 8.75. The van der Waals surface area contributed by atoms with Gasteiger partial charge in [-0.15, -0.1) is 24.0 Å². The van der Waals surface area contributed by atoms with Crippen LogP contribution in [-0.2, 0) is 6.54 Å². The fourth-order valence-corrected chi connectivity index (χ4v) is 3.16. The molecule has 1 aromatic heterocycles. The minimum Gasteiger partial charge on any atom is -0.497 e. The van der Waals surface area contributed by atoms with Gasteiger partial charge in [0.05, 0.1) is 20.5 Å². The summed E-state index contributed by atoms with van der Waals surface area (Å²) in [7, 11) is 3.34. The molecule has 1 saturated heterocycles. The summed E-state index contributed by atoms with van der Waals surface area (Å²) in [5.41, 5.74) is 1.10. The molecule has 1 unspecified atom stereocenters. The molecule has 2 aromatic rings. The van der Waals surface area contributed by atoms with E-state index in [9.17, 15) is 0 Å². The van der Waals surface area contributed by atoms with Crippen molar-refractivity contribution in [2.24, 2.45) is 4.99 Å². The van der Waals surface area contributed by atoms with Crippen molar-refractivity contribution in [3.63, 3.8) is 0 Å². The highest BCUT2D eigenvalue weighted by molar-refractivity contribution is 14.0. The van der Waals surface area contributed by atoms with Gasteiger partial charge in [0.1, 0.15) is 23.8 Å². The maximum absolute atomic E-state index is 5.39. The van der Waals surface area contributed by atoms with Crippen LogP contribution in [0.5, 0.6) is 11.5 Å². The van der Waals surface area contributed by atoms with Gasteiger partial charge in [-0.1, -0.05) is 0 Å². The summed E-state index contributed by atoms with van der Waals surface area (Å²) in [4.78, 5) is 6.95. The van der Waals surface area contributed by atoms with Gasteiger partial charge in [0.15, 0.2) is 5.96 Å². The molecule has 1 aliphatic heterocycles. The number of ether oxygens (including phenoxy) is 2. The first-order valence-electron chi connectivity index (χ1n) is 9.27. The number of guanidine groups is 1. The van der Waals surface area contributed by atoms with Crippen molar-refractivity contribution >= 4 is 35.6 Å². The second-order valence-corrected chi connectivity index (χ2v) is 6.42. The summed E-state index contributed by atoms with van der Waals surface area (Å²) in [6, 6.07) is 10.1. The molecule has 0 amide bonds. The summed E-state index contributed by atoms with van der Waals surface area (Å²) in [5, 5.41) is 6.83. The third-order valence-corrected chi connectivity index (χ3v) is 4.55. The normalized spacial score (nSPS) is 16.5. The predicted octanol–water partition coefficient (Wildman–Crippen LogP) is 3.25. The summed E-state index contributed by atoms with van der Waals surface area (Å²) in [6.07, 6.45) is 2.70. The Morgan fingerprint density at radius 2 is 2.00 bits per heavy atom. The van der Waals surface area contributed by atoms with E-state index in [1.807, 2.05) is 30.3 Å². The van der Waals surface area contributed by atoms with Crippen LogP contribution in [0.15, 0.2) is 46.0 Å². The van der Waals surface area contributed by atoms with E-state index in [1.54, 1.807) is 20.5 Å². The molecule has 3 rings (SSSR count). The lowest BCUT2D eigenvalue weighted by Crippen LogP contribution is -2.44. The number of nitrogens with one attached hydrogen (secondary N) is 2. The first-order valence-corrected chi connectivity index (χ1v) is 9.27.